The maximum absolute atomic E-state index is 13.7. The summed E-state index contributed by atoms with van der Waals surface area (Å²) in [4.78, 5) is 4.34. The van der Waals surface area contributed by atoms with Crippen molar-refractivity contribution in [3.8, 4) is 0 Å². The van der Waals surface area contributed by atoms with Crippen molar-refractivity contribution in [2.45, 2.75) is 31.0 Å². The van der Waals surface area contributed by atoms with E-state index in [2.05, 4.69) is 42.6 Å². The Morgan fingerprint density at radius 2 is 2.08 bits per heavy atom. The number of nitrogens with one attached hydrogen (secondary N) is 3. The highest BCUT2D eigenvalue weighted by Crippen LogP contribution is 2.37. The summed E-state index contributed by atoms with van der Waals surface area (Å²) in [5.74, 6) is 0.528. The molecule has 0 aromatic carbocycles. The van der Waals surface area contributed by atoms with Gasteiger partial charge in [0.2, 0.25) is 10.0 Å². The van der Waals surface area contributed by atoms with E-state index in [1.807, 2.05) is 0 Å². The second-order valence-corrected chi connectivity index (χ2v) is 12.6. The van der Waals surface area contributed by atoms with Gasteiger partial charge in [0.05, 0.1) is 43.1 Å². The van der Waals surface area contributed by atoms with Gasteiger partial charge in [0.1, 0.15) is 23.7 Å². The Morgan fingerprint density at radius 3 is 2.76 bits per heavy atom. The summed E-state index contributed by atoms with van der Waals surface area (Å²) in [5.41, 5.74) is 5.27. The largest absolute Gasteiger partial charge is 0.378 e. The van der Waals surface area contributed by atoms with E-state index in [1.54, 1.807) is 5.01 Å². The zero-order valence-corrected chi connectivity index (χ0v) is 22.0. The number of rotatable bonds is 7. The van der Waals surface area contributed by atoms with Crippen LogP contribution in [0.15, 0.2) is 28.6 Å². The number of alkyl halides is 3. The Bertz CT molecular complexity index is 1290. The quantitative estimate of drug-likeness (QED) is 0.415. The second kappa shape index (κ2) is 9.72. The van der Waals surface area contributed by atoms with Gasteiger partial charge in [0.15, 0.2) is 10.0 Å². The molecule has 3 saturated heterocycles. The van der Waals surface area contributed by atoms with Gasteiger partial charge >= 0.3 is 0 Å². The highest BCUT2D eigenvalue weighted by Gasteiger charge is 2.45. The number of hydrazine groups is 2. The number of ether oxygens (including phenoxy) is 2. The Labute approximate surface area is 221 Å². The molecule has 0 spiro atoms. The second-order valence-electron chi connectivity index (χ2n) is 9.86. The van der Waals surface area contributed by atoms with Crippen LogP contribution >= 0.6 is 11.3 Å². The first-order valence-electron chi connectivity index (χ1n) is 12.1. The summed E-state index contributed by atoms with van der Waals surface area (Å²) in [5, 5.41) is 8.81. The first-order valence-corrected chi connectivity index (χ1v) is 14.4. The van der Waals surface area contributed by atoms with Gasteiger partial charge in [-0.2, -0.15) is 4.72 Å². The number of morpholine rings is 1. The molecule has 0 unspecified atom stereocenters. The van der Waals surface area contributed by atoms with Gasteiger partial charge in [-0.25, -0.2) is 26.6 Å². The average molecular weight is 577 g/mol. The average Bonchev–Trinajstić information content (AvgIpc) is 3.53. The molecule has 0 amide bonds. The van der Waals surface area contributed by atoms with Crippen molar-refractivity contribution in [1.82, 2.24) is 40.7 Å². The van der Waals surface area contributed by atoms with Crippen LogP contribution < -0.4 is 15.7 Å². The van der Waals surface area contributed by atoms with Crippen LogP contribution in [0.5, 0.6) is 0 Å². The van der Waals surface area contributed by atoms with Crippen molar-refractivity contribution in [2.24, 2.45) is 0 Å². The van der Waals surface area contributed by atoms with E-state index in [0.717, 1.165) is 6.54 Å². The number of aromatic nitrogens is 2. The molecule has 6 rings (SSSR count). The van der Waals surface area contributed by atoms with Crippen molar-refractivity contribution in [2.75, 3.05) is 52.7 Å². The Hall–Kier alpha value is -2.28. The van der Waals surface area contributed by atoms with E-state index in [0.29, 0.717) is 54.9 Å². The van der Waals surface area contributed by atoms with Crippen LogP contribution in [0.4, 0.5) is 13.2 Å². The number of hydrogen-bond acceptors (Lipinski definition) is 12. The molecule has 17 heteroatoms. The fraction of sp³-hybridized carbons (Fsp3) is 0.619. The van der Waals surface area contributed by atoms with Gasteiger partial charge in [-0.1, -0.05) is 11.3 Å². The lowest BCUT2D eigenvalue weighted by atomic mass is 10.0. The van der Waals surface area contributed by atoms with Gasteiger partial charge in [0, 0.05) is 31.8 Å². The summed E-state index contributed by atoms with van der Waals surface area (Å²) < 4.78 is 80.4. The Balaban J connectivity index is 1.40. The monoisotopic (exact) mass is 576 g/mol. The van der Waals surface area contributed by atoms with Crippen molar-refractivity contribution in [3.05, 3.63) is 38.6 Å². The number of fused-ring (bicyclic) bond motifs is 2. The molecular weight excluding hydrogens is 549 g/mol. The minimum atomic E-state index is -4.19. The number of nitrogens with zero attached hydrogens (tertiary/aromatic N) is 5. The van der Waals surface area contributed by atoms with E-state index in [9.17, 15) is 21.6 Å². The van der Waals surface area contributed by atoms with E-state index in [-0.39, 0.29) is 35.2 Å². The van der Waals surface area contributed by atoms with Gasteiger partial charge in [-0.15, -0.1) is 15.7 Å². The van der Waals surface area contributed by atoms with Gasteiger partial charge in [-0.05, 0) is 13.0 Å². The normalized spacial score (nSPS) is 27.5. The summed E-state index contributed by atoms with van der Waals surface area (Å²) in [6.45, 7) is 4.27. The van der Waals surface area contributed by atoms with E-state index in [4.69, 9.17) is 9.47 Å². The summed E-state index contributed by atoms with van der Waals surface area (Å²) in [6.07, 6.45) is 0.130. The molecule has 0 bridgehead atoms. The van der Waals surface area contributed by atoms with Gasteiger partial charge in [-0.3, -0.25) is 10.3 Å². The maximum Gasteiger partial charge on any atom is 0.291 e. The van der Waals surface area contributed by atoms with Crippen LogP contribution in [-0.4, -0.2) is 104 Å². The van der Waals surface area contributed by atoms with E-state index >= 15 is 0 Å². The topological polar surface area (TPSA) is 124 Å². The Kier molecular flexibility index (Phi) is 6.64. The third-order valence-corrected chi connectivity index (χ3v) is 9.67. The van der Waals surface area contributed by atoms with Crippen LogP contribution in [0.2, 0.25) is 0 Å². The fourth-order valence-corrected chi connectivity index (χ4v) is 7.31. The van der Waals surface area contributed by atoms with Crippen LogP contribution in [-0.2, 0) is 19.5 Å². The molecule has 1 aromatic rings. The molecular formula is C21H27F3N8O4S2. The molecule has 5 aliphatic rings. The first-order chi connectivity index (χ1) is 18.2. The fourth-order valence-electron chi connectivity index (χ4n) is 5.21. The lowest BCUT2D eigenvalue weighted by Gasteiger charge is -2.50. The number of hydrogen-bond donors (Lipinski definition) is 3. The smallest absolute Gasteiger partial charge is 0.291 e. The lowest BCUT2D eigenvalue weighted by molar-refractivity contribution is -0.0724. The SMILES string of the molecule is C[C@H]1CN(C2=CC(S(=O)(=O)NC3(CF)COC3)=CC3=C(c4nnc(C(F)F)s4)NNN23)C[C@@H]2COCCN21. The standard InChI is InChI=1S/C21H27F3N8O4S2/c1-12-6-30(7-13-8-35-3-2-31(12)13)16-5-14(38(33,34)28-21(9-22)10-36-11-21)4-15-17(25-29-32(15)16)19-26-27-20(37-19)18(23)24/h4-5,12-13,18,25,28-29H,2-3,6-11H2,1H3/t12-,13+/m0/s1. The number of piperazine rings is 1. The number of sulfonamides is 1. The number of halogens is 3. The molecule has 12 nitrogen and oxygen atoms in total. The van der Waals surface area contributed by atoms with Crippen LogP contribution in [0.3, 0.4) is 0 Å². The van der Waals surface area contributed by atoms with Crippen molar-refractivity contribution in [3.63, 3.8) is 0 Å². The predicted molar refractivity (Wildman–Crippen MR) is 130 cm³/mol. The zero-order valence-electron chi connectivity index (χ0n) is 20.4. The molecule has 0 saturated carbocycles. The zero-order chi connectivity index (χ0) is 26.7. The Morgan fingerprint density at radius 1 is 1.26 bits per heavy atom. The van der Waals surface area contributed by atoms with Crippen LogP contribution in [0.25, 0.3) is 5.70 Å². The highest BCUT2D eigenvalue weighted by atomic mass is 32.2. The summed E-state index contributed by atoms with van der Waals surface area (Å²) in [6, 6.07) is 0.280. The van der Waals surface area contributed by atoms with Crippen LogP contribution in [0.1, 0.15) is 23.4 Å². The molecule has 0 aliphatic carbocycles. The molecule has 6 heterocycles. The minimum Gasteiger partial charge on any atom is -0.378 e. The predicted octanol–water partition coefficient (Wildman–Crippen LogP) is 0.271. The van der Waals surface area contributed by atoms with Crippen molar-refractivity contribution >= 4 is 27.1 Å². The summed E-state index contributed by atoms with van der Waals surface area (Å²) in [7, 11) is -4.19. The van der Waals surface area contributed by atoms with Crippen molar-refractivity contribution < 1.29 is 31.1 Å². The third-order valence-electron chi connectivity index (χ3n) is 7.16. The maximum atomic E-state index is 13.7. The molecule has 38 heavy (non-hydrogen) atoms. The molecule has 2 atom stereocenters. The first kappa shape index (κ1) is 26.0. The molecule has 3 N–H and O–H groups in total. The number of allylic oxidation sites excluding steroid dienone is 2. The van der Waals surface area contributed by atoms with E-state index < -0.39 is 33.7 Å². The molecule has 3 fully saturated rings. The molecule has 0 radical (unpaired) electrons. The van der Waals surface area contributed by atoms with Gasteiger partial charge in [0.25, 0.3) is 6.43 Å². The highest BCUT2D eigenvalue weighted by molar-refractivity contribution is 7.93. The van der Waals surface area contributed by atoms with Gasteiger partial charge < -0.3 is 14.4 Å². The lowest BCUT2D eigenvalue weighted by Crippen LogP contribution is -2.64. The van der Waals surface area contributed by atoms with Crippen molar-refractivity contribution in [1.29, 1.82) is 0 Å². The molecule has 208 valence electrons. The van der Waals surface area contributed by atoms with Crippen LogP contribution in [0, 0.1) is 0 Å². The van der Waals surface area contributed by atoms with E-state index in [1.165, 1.54) is 12.2 Å². The molecule has 5 aliphatic heterocycles. The minimum absolute atomic E-state index is 0.0713. The molecule has 1 aromatic heterocycles. The summed E-state index contributed by atoms with van der Waals surface area (Å²) >= 11 is 0.705. The third kappa shape index (κ3) is 4.48.